The maximum absolute atomic E-state index is 12.6. The molecule has 4 aromatic rings. The highest BCUT2D eigenvalue weighted by molar-refractivity contribution is 5.96. The van der Waals surface area contributed by atoms with E-state index in [0.29, 0.717) is 6.42 Å². The van der Waals surface area contributed by atoms with Gasteiger partial charge in [-0.05, 0) is 35.9 Å². The summed E-state index contributed by atoms with van der Waals surface area (Å²) in [5, 5.41) is 4.11. The van der Waals surface area contributed by atoms with E-state index in [1.165, 1.54) is 0 Å². The number of carbonyl (C=O) groups is 1. The van der Waals surface area contributed by atoms with Crippen LogP contribution >= 0.6 is 0 Å². The smallest absolute Gasteiger partial charge is 0.228 e. The minimum atomic E-state index is -0.0709. The number of hydrogen-bond acceptors (Lipinski definition) is 3. The molecular weight excluding hydrogens is 348 g/mol. The normalized spacial score (nSPS) is 10.6. The van der Waals surface area contributed by atoms with Crippen molar-refractivity contribution in [2.45, 2.75) is 6.42 Å². The Kier molecular flexibility index (Phi) is 5.02. The standard InChI is InChI=1S/C24H20N2O2/c1-28-19-13-10-17(11-14-19)16-24(27)26-22-9-5-3-7-20(22)23-15-12-18-6-2-4-8-21(18)25-23/h2-15H,16H2,1H3,(H,26,27). The van der Waals surface area contributed by atoms with Crippen molar-refractivity contribution in [1.82, 2.24) is 4.98 Å². The predicted molar refractivity (Wildman–Crippen MR) is 113 cm³/mol. The van der Waals surface area contributed by atoms with E-state index in [1.807, 2.05) is 84.9 Å². The Morgan fingerprint density at radius 3 is 2.46 bits per heavy atom. The molecule has 0 saturated heterocycles. The summed E-state index contributed by atoms with van der Waals surface area (Å²) in [5.74, 6) is 0.704. The zero-order valence-corrected chi connectivity index (χ0v) is 15.6. The van der Waals surface area contributed by atoms with Crippen molar-refractivity contribution in [1.29, 1.82) is 0 Å². The van der Waals surface area contributed by atoms with Gasteiger partial charge in [-0.1, -0.05) is 54.6 Å². The van der Waals surface area contributed by atoms with Gasteiger partial charge in [0.25, 0.3) is 0 Å². The third kappa shape index (κ3) is 3.86. The lowest BCUT2D eigenvalue weighted by atomic mass is 10.1. The van der Waals surface area contributed by atoms with E-state index in [4.69, 9.17) is 9.72 Å². The molecule has 0 spiro atoms. The topological polar surface area (TPSA) is 51.2 Å². The van der Waals surface area contributed by atoms with Crippen molar-refractivity contribution < 1.29 is 9.53 Å². The molecule has 0 saturated carbocycles. The molecule has 4 nitrogen and oxygen atoms in total. The number of hydrogen-bond donors (Lipinski definition) is 1. The van der Waals surface area contributed by atoms with Gasteiger partial charge in [0.15, 0.2) is 0 Å². The summed E-state index contributed by atoms with van der Waals surface area (Å²) in [6.07, 6.45) is 0.295. The Hall–Kier alpha value is -3.66. The van der Waals surface area contributed by atoms with Gasteiger partial charge >= 0.3 is 0 Å². The number of ether oxygens (including phenoxy) is 1. The number of nitrogens with zero attached hydrogens (tertiary/aromatic N) is 1. The Morgan fingerprint density at radius 2 is 1.64 bits per heavy atom. The fraction of sp³-hybridized carbons (Fsp3) is 0.0833. The second-order valence-electron chi connectivity index (χ2n) is 6.51. The van der Waals surface area contributed by atoms with Crippen molar-refractivity contribution in [2.75, 3.05) is 12.4 Å². The molecule has 0 atom stereocenters. The molecule has 3 aromatic carbocycles. The number of para-hydroxylation sites is 2. The zero-order valence-electron chi connectivity index (χ0n) is 15.6. The average molecular weight is 368 g/mol. The van der Waals surface area contributed by atoms with Crippen LogP contribution < -0.4 is 10.1 Å². The van der Waals surface area contributed by atoms with Crippen molar-refractivity contribution >= 4 is 22.5 Å². The molecule has 0 aliphatic carbocycles. The molecule has 1 aromatic heterocycles. The van der Waals surface area contributed by atoms with Gasteiger partial charge in [0.2, 0.25) is 5.91 Å². The molecule has 4 rings (SSSR count). The van der Waals surface area contributed by atoms with Gasteiger partial charge in [0.05, 0.1) is 30.4 Å². The minimum absolute atomic E-state index is 0.0709. The van der Waals surface area contributed by atoms with E-state index in [-0.39, 0.29) is 5.91 Å². The largest absolute Gasteiger partial charge is 0.497 e. The van der Waals surface area contributed by atoms with E-state index in [1.54, 1.807) is 7.11 Å². The molecule has 1 N–H and O–H groups in total. The highest BCUT2D eigenvalue weighted by Crippen LogP contribution is 2.28. The van der Waals surface area contributed by atoms with Crippen LogP contribution in [-0.2, 0) is 11.2 Å². The molecule has 4 heteroatoms. The van der Waals surface area contributed by atoms with E-state index >= 15 is 0 Å². The Morgan fingerprint density at radius 1 is 0.893 bits per heavy atom. The van der Waals surface area contributed by atoms with Crippen LogP contribution in [0.2, 0.25) is 0 Å². The first-order chi connectivity index (χ1) is 13.7. The Bertz CT molecular complexity index is 1120. The van der Waals surface area contributed by atoms with Crippen molar-refractivity contribution in [3.05, 3.63) is 90.5 Å². The Labute approximate surface area is 163 Å². The van der Waals surface area contributed by atoms with Gasteiger partial charge in [0.1, 0.15) is 5.75 Å². The number of fused-ring (bicyclic) bond motifs is 1. The van der Waals surface area contributed by atoms with E-state index in [0.717, 1.165) is 39.2 Å². The molecule has 0 unspecified atom stereocenters. The maximum atomic E-state index is 12.6. The van der Waals surface area contributed by atoms with Crippen LogP contribution in [0.1, 0.15) is 5.56 Å². The number of pyridine rings is 1. The lowest BCUT2D eigenvalue weighted by Crippen LogP contribution is -2.15. The van der Waals surface area contributed by atoms with Crippen LogP contribution in [0.4, 0.5) is 5.69 Å². The molecule has 0 aliphatic rings. The van der Waals surface area contributed by atoms with Crippen LogP contribution in [0.15, 0.2) is 84.9 Å². The van der Waals surface area contributed by atoms with Gasteiger partial charge in [-0.3, -0.25) is 4.79 Å². The van der Waals surface area contributed by atoms with Crippen LogP contribution in [0.3, 0.4) is 0 Å². The lowest BCUT2D eigenvalue weighted by Gasteiger charge is -2.11. The number of methoxy groups -OCH3 is 1. The average Bonchev–Trinajstić information content (AvgIpc) is 2.74. The first-order valence-electron chi connectivity index (χ1n) is 9.11. The number of nitrogens with one attached hydrogen (secondary N) is 1. The number of carbonyl (C=O) groups excluding carboxylic acids is 1. The summed E-state index contributed by atoms with van der Waals surface area (Å²) in [5.41, 5.74) is 4.35. The highest BCUT2D eigenvalue weighted by atomic mass is 16.5. The van der Waals surface area contributed by atoms with E-state index in [2.05, 4.69) is 5.32 Å². The number of amides is 1. The quantitative estimate of drug-likeness (QED) is 0.534. The maximum Gasteiger partial charge on any atom is 0.228 e. The molecule has 1 heterocycles. The molecule has 0 aliphatic heterocycles. The zero-order chi connectivity index (χ0) is 19.3. The summed E-state index contributed by atoms with van der Waals surface area (Å²) in [6.45, 7) is 0. The monoisotopic (exact) mass is 368 g/mol. The molecule has 138 valence electrons. The number of anilines is 1. The van der Waals surface area contributed by atoms with Crippen LogP contribution in [0.25, 0.3) is 22.2 Å². The lowest BCUT2D eigenvalue weighted by molar-refractivity contribution is -0.115. The first-order valence-corrected chi connectivity index (χ1v) is 9.11. The molecule has 0 bridgehead atoms. The van der Waals surface area contributed by atoms with Crippen LogP contribution in [-0.4, -0.2) is 18.0 Å². The summed E-state index contributed by atoms with van der Waals surface area (Å²) in [4.78, 5) is 17.3. The predicted octanol–water partition coefficient (Wildman–Crippen LogP) is 5.09. The minimum Gasteiger partial charge on any atom is -0.497 e. The van der Waals surface area contributed by atoms with Gasteiger partial charge < -0.3 is 10.1 Å². The fourth-order valence-electron chi connectivity index (χ4n) is 3.15. The van der Waals surface area contributed by atoms with Gasteiger partial charge in [0, 0.05) is 10.9 Å². The van der Waals surface area contributed by atoms with Crippen molar-refractivity contribution in [3.63, 3.8) is 0 Å². The molecule has 0 radical (unpaired) electrons. The number of aromatic nitrogens is 1. The van der Waals surface area contributed by atoms with Gasteiger partial charge in [-0.2, -0.15) is 0 Å². The van der Waals surface area contributed by atoms with E-state index in [9.17, 15) is 4.79 Å². The number of rotatable bonds is 5. The summed E-state index contributed by atoms with van der Waals surface area (Å²) in [6, 6.07) is 27.3. The third-order valence-corrected chi connectivity index (χ3v) is 4.60. The first kappa shape index (κ1) is 17.7. The fourth-order valence-corrected chi connectivity index (χ4v) is 3.15. The molecule has 0 fully saturated rings. The Balaban J connectivity index is 1.57. The highest BCUT2D eigenvalue weighted by Gasteiger charge is 2.10. The SMILES string of the molecule is COc1ccc(CC(=O)Nc2ccccc2-c2ccc3ccccc3n2)cc1. The second-order valence-corrected chi connectivity index (χ2v) is 6.51. The second kappa shape index (κ2) is 7.92. The summed E-state index contributed by atoms with van der Waals surface area (Å²) in [7, 11) is 1.62. The molecule has 28 heavy (non-hydrogen) atoms. The van der Waals surface area contributed by atoms with Gasteiger partial charge in [-0.15, -0.1) is 0 Å². The van der Waals surface area contributed by atoms with Crippen LogP contribution in [0, 0.1) is 0 Å². The third-order valence-electron chi connectivity index (χ3n) is 4.60. The van der Waals surface area contributed by atoms with Crippen molar-refractivity contribution in [3.8, 4) is 17.0 Å². The van der Waals surface area contributed by atoms with Gasteiger partial charge in [-0.25, -0.2) is 4.98 Å². The number of benzene rings is 3. The molecule has 1 amide bonds. The van der Waals surface area contributed by atoms with E-state index < -0.39 is 0 Å². The summed E-state index contributed by atoms with van der Waals surface area (Å²) >= 11 is 0. The van der Waals surface area contributed by atoms with Crippen molar-refractivity contribution in [2.24, 2.45) is 0 Å². The molecular formula is C24H20N2O2. The van der Waals surface area contributed by atoms with Crippen LogP contribution in [0.5, 0.6) is 5.75 Å². The summed E-state index contributed by atoms with van der Waals surface area (Å²) < 4.78 is 5.16.